The van der Waals surface area contributed by atoms with Crippen molar-refractivity contribution >= 4 is 17.7 Å². The first-order chi connectivity index (χ1) is 8.77. The van der Waals surface area contributed by atoms with Gasteiger partial charge < -0.3 is 14.9 Å². The fourth-order valence-electron chi connectivity index (χ4n) is 1.79. The van der Waals surface area contributed by atoms with Crippen molar-refractivity contribution in [2.45, 2.75) is 20.3 Å². The van der Waals surface area contributed by atoms with Crippen LogP contribution in [-0.2, 0) is 23.3 Å². The third-order valence-corrected chi connectivity index (χ3v) is 2.77. The van der Waals surface area contributed by atoms with Crippen LogP contribution in [0, 0.1) is 27.9 Å². The monoisotopic (exact) mass is 356 g/mol. The molecule has 0 unspecified atom stereocenters. The van der Waals surface area contributed by atoms with E-state index in [1.807, 2.05) is 6.08 Å². The fourth-order valence-corrected chi connectivity index (χ4v) is 1.79. The van der Waals surface area contributed by atoms with Gasteiger partial charge in [-0.25, -0.2) is 12.2 Å². The predicted molar refractivity (Wildman–Crippen MR) is 89.0 cm³/mol. The van der Waals surface area contributed by atoms with Gasteiger partial charge in [0.1, 0.15) is 0 Å². The van der Waals surface area contributed by atoms with Crippen LogP contribution in [0.5, 0.6) is 0 Å². The quantitative estimate of drug-likeness (QED) is 0.455. The van der Waals surface area contributed by atoms with Crippen molar-refractivity contribution in [3.63, 3.8) is 0 Å². The SMILES string of the molecule is CC1=CC=[C-]C1.Cc1c[cH-]c2ccccc12.[CH3-].[CH3-].[Si]=[Zr]. The molecule has 0 N–H and O–H groups in total. The Labute approximate surface area is 141 Å². The van der Waals surface area contributed by atoms with Crippen LogP contribution in [0.4, 0.5) is 0 Å². The van der Waals surface area contributed by atoms with E-state index in [0.29, 0.717) is 0 Å². The van der Waals surface area contributed by atoms with E-state index >= 15 is 0 Å². The Morgan fingerprint density at radius 2 is 1.80 bits per heavy atom. The molecule has 20 heavy (non-hydrogen) atoms. The molecule has 1 aliphatic rings. The van der Waals surface area contributed by atoms with Crippen molar-refractivity contribution in [1.29, 1.82) is 0 Å². The summed E-state index contributed by atoms with van der Waals surface area (Å²) in [4.78, 5) is 0. The molecule has 0 bridgehead atoms. The maximum atomic E-state index is 3.06. The third-order valence-electron chi connectivity index (χ3n) is 2.77. The molecule has 2 heteroatoms. The van der Waals surface area contributed by atoms with Gasteiger partial charge in [0.2, 0.25) is 0 Å². The van der Waals surface area contributed by atoms with Crippen LogP contribution < -0.4 is 0 Å². The van der Waals surface area contributed by atoms with E-state index in [2.05, 4.69) is 69.3 Å². The second kappa shape index (κ2) is 12.2. The summed E-state index contributed by atoms with van der Waals surface area (Å²) < 4.78 is 0. The minimum atomic E-state index is 0. The molecule has 2 aromatic carbocycles. The topological polar surface area (TPSA) is 0 Å². The van der Waals surface area contributed by atoms with Gasteiger partial charge in [-0.05, 0) is 0 Å². The summed E-state index contributed by atoms with van der Waals surface area (Å²) in [5.74, 6) is 0. The van der Waals surface area contributed by atoms with Crippen molar-refractivity contribution in [3.05, 3.63) is 80.6 Å². The molecule has 0 saturated carbocycles. The molecule has 0 atom stereocenters. The third kappa shape index (κ3) is 6.72. The van der Waals surface area contributed by atoms with Crippen LogP contribution in [0.2, 0.25) is 0 Å². The molecule has 0 saturated heterocycles. The number of aryl methyl sites for hydroxylation is 1. The summed E-state index contributed by atoms with van der Waals surface area (Å²) in [5, 5.41) is 2.72. The predicted octanol–water partition coefficient (Wildman–Crippen LogP) is 5.08. The Balaban J connectivity index is 0. The molecule has 3 rings (SSSR count). The van der Waals surface area contributed by atoms with E-state index in [1.165, 1.54) is 45.2 Å². The van der Waals surface area contributed by atoms with Crippen LogP contribution >= 0.6 is 0 Å². The van der Waals surface area contributed by atoms with E-state index in [9.17, 15) is 0 Å². The van der Waals surface area contributed by atoms with Crippen LogP contribution in [0.1, 0.15) is 18.9 Å². The molecule has 0 aromatic heterocycles. The number of rotatable bonds is 0. The fraction of sp³-hybridized carbons (Fsp3) is 0.167. The summed E-state index contributed by atoms with van der Waals surface area (Å²) in [6.45, 7) is 7.31. The average Bonchev–Trinajstić information content (AvgIpc) is 3.03. The average molecular weight is 358 g/mol. The first-order valence-electron chi connectivity index (χ1n) is 5.86. The molecule has 2 aromatic rings. The molecular weight excluding hydrogens is 336 g/mol. The van der Waals surface area contributed by atoms with E-state index < -0.39 is 0 Å². The van der Waals surface area contributed by atoms with Gasteiger partial charge in [-0.15, -0.1) is 41.5 Å². The number of hydrogen-bond acceptors (Lipinski definition) is 0. The Morgan fingerprint density at radius 1 is 1.15 bits per heavy atom. The van der Waals surface area contributed by atoms with Crippen molar-refractivity contribution < 1.29 is 23.3 Å². The standard InChI is InChI=1S/C10H9.C6H7.2CH3.Si.Zr/c1-8-6-7-9-4-2-3-5-10(8)9;1-6-4-2-3-5-6;;;;/h2-7H,1H3;2,4H,5H2,1H3;2*1H3;;/q4*-1;;. The van der Waals surface area contributed by atoms with Gasteiger partial charge in [0, 0.05) is 0 Å². The zero-order chi connectivity index (χ0) is 13.4. The maximum absolute atomic E-state index is 3.06. The van der Waals surface area contributed by atoms with E-state index in [4.69, 9.17) is 0 Å². The summed E-state index contributed by atoms with van der Waals surface area (Å²) in [6, 6.07) is 12.8. The Morgan fingerprint density at radius 3 is 2.25 bits per heavy atom. The summed E-state index contributed by atoms with van der Waals surface area (Å²) in [7, 11) is 0. The van der Waals surface area contributed by atoms with Gasteiger partial charge in [0.25, 0.3) is 0 Å². The number of benzene rings is 1. The van der Waals surface area contributed by atoms with Crippen LogP contribution in [0.15, 0.2) is 54.1 Å². The number of hydrogen-bond donors (Lipinski definition) is 0. The second-order valence-electron chi connectivity index (χ2n) is 4.16. The van der Waals surface area contributed by atoms with Crippen molar-refractivity contribution in [2.24, 2.45) is 0 Å². The van der Waals surface area contributed by atoms with E-state index in [-0.39, 0.29) is 14.9 Å². The van der Waals surface area contributed by atoms with Crippen LogP contribution in [0.25, 0.3) is 10.8 Å². The second-order valence-corrected chi connectivity index (χ2v) is 4.16. The first-order valence-corrected chi connectivity index (χ1v) is 10.0. The summed E-state index contributed by atoms with van der Waals surface area (Å²) in [5.41, 5.74) is 2.78. The van der Waals surface area contributed by atoms with Crippen LogP contribution in [0.3, 0.4) is 0 Å². The minimum absolute atomic E-state index is 0. The van der Waals surface area contributed by atoms with Crippen molar-refractivity contribution in [2.75, 3.05) is 0 Å². The molecule has 1 aliphatic carbocycles. The van der Waals surface area contributed by atoms with Gasteiger partial charge in [0.05, 0.1) is 0 Å². The molecule has 0 aliphatic heterocycles. The van der Waals surface area contributed by atoms with E-state index in [1.54, 1.807) is 0 Å². The van der Waals surface area contributed by atoms with Crippen molar-refractivity contribution in [3.8, 4) is 0 Å². The Kier molecular flexibility index (Phi) is 13.2. The van der Waals surface area contributed by atoms with Gasteiger partial charge in [-0.1, -0.05) is 19.9 Å². The Bertz CT molecular complexity index is 549. The molecule has 106 valence electrons. The van der Waals surface area contributed by atoms with Crippen molar-refractivity contribution in [1.82, 2.24) is 0 Å². The molecule has 2 radical (unpaired) electrons. The van der Waals surface area contributed by atoms with Crippen LogP contribution in [-0.4, -0.2) is 6.88 Å². The molecule has 0 fully saturated rings. The van der Waals surface area contributed by atoms with E-state index in [0.717, 1.165) is 6.42 Å². The van der Waals surface area contributed by atoms with Gasteiger partial charge in [-0.3, -0.25) is 6.08 Å². The molecule has 0 spiro atoms. The normalized spacial score (nSPS) is 10.9. The number of allylic oxidation sites excluding steroid dienone is 4. The summed E-state index contributed by atoms with van der Waals surface area (Å²) >= 11 is 1.36. The zero-order valence-electron chi connectivity index (χ0n) is 12.8. The molecule has 0 nitrogen and oxygen atoms in total. The molecule has 0 amide bonds. The van der Waals surface area contributed by atoms with Gasteiger partial charge in [-0.2, -0.15) is 17.2 Å². The zero-order valence-corrected chi connectivity index (χ0v) is 16.3. The first kappa shape index (κ1) is 21.7. The van der Waals surface area contributed by atoms with Gasteiger partial charge >= 0.3 is 30.2 Å². The Hall–Kier alpha value is -0.590. The van der Waals surface area contributed by atoms with Gasteiger partial charge in [0.15, 0.2) is 0 Å². The molecule has 0 heterocycles. The molecular formula is C18H22SiZr-4. The number of fused-ring (bicyclic) bond motifs is 1. The summed E-state index contributed by atoms with van der Waals surface area (Å²) in [6.07, 6.45) is 8.15.